The number of carbonyl (C=O) groups is 1. The van der Waals surface area contributed by atoms with Crippen LogP contribution in [-0.2, 0) is 11.2 Å². The van der Waals surface area contributed by atoms with Crippen LogP contribution in [0, 0.1) is 5.92 Å². The molecule has 0 bridgehead atoms. The van der Waals surface area contributed by atoms with Crippen molar-refractivity contribution in [3.63, 3.8) is 0 Å². The molecule has 1 amide bonds. The van der Waals surface area contributed by atoms with Crippen molar-refractivity contribution in [3.05, 3.63) is 30.1 Å². The van der Waals surface area contributed by atoms with E-state index in [0.29, 0.717) is 12.3 Å². The van der Waals surface area contributed by atoms with Gasteiger partial charge in [-0.05, 0) is 30.0 Å². The summed E-state index contributed by atoms with van der Waals surface area (Å²) in [4.78, 5) is 18.1. The molecular weight excluding hydrogens is 226 g/mol. The van der Waals surface area contributed by atoms with Gasteiger partial charge in [0, 0.05) is 45.0 Å². The lowest BCUT2D eigenvalue weighted by Gasteiger charge is -2.28. The first-order valence-corrected chi connectivity index (χ1v) is 6.63. The van der Waals surface area contributed by atoms with Crippen molar-refractivity contribution >= 4 is 5.91 Å². The van der Waals surface area contributed by atoms with E-state index >= 15 is 0 Å². The molecule has 18 heavy (non-hydrogen) atoms. The Morgan fingerprint density at radius 3 is 2.72 bits per heavy atom. The van der Waals surface area contributed by atoms with Gasteiger partial charge in [-0.15, -0.1) is 0 Å². The third kappa shape index (κ3) is 3.81. The second-order valence-corrected chi connectivity index (χ2v) is 5.00. The molecule has 0 saturated carbocycles. The minimum Gasteiger partial charge on any atom is -0.340 e. The van der Waals surface area contributed by atoms with Crippen LogP contribution < -0.4 is 5.32 Å². The van der Waals surface area contributed by atoms with Gasteiger partial charge < -0.3 is 10.2 Å². The predicted octanol–water partition coefficient (Wildman–Crippen LogP) is 1.08. The number of carbonyl (C=O) groups excluding carboxylic acids is 1. The van der Waals surface area contributed by atoms with E-state index < -0.39 is 0 Å². The van der Waals surface area contributed by atoms with E-state index in [2.05, 4.69) is 17.2 Å². The lowest BCUT2D eigenvalue weighted by molar-refractivity contribution is -0.132. The van der Waals surface area contributed by atoms with Gasteiger partial charge in [-0.25, -0.2) is 0 Å². The van der Waals surface area contributed by atoms with Crippen molar-refractivity contribution in [2.24, 2.45) is 5.92 Å². The average Bonchev–Trinajstić information content (AvgIpc) is 2.40. The Kier molecular flexibility index (Phi) is 4.70. The van der Waals surface area contributed by atoms with Gasteiger partial charge in [0.25, 0.3) is 0 Å². The van der Waals surface area contributed by atoms with Crippen molar-refractivity contribution in [1.29, 1.82) is 0 Å². The maximum atomic E-state index is 12.1. The minimum absolute atomic E-state index is 0.290. The highest BCUT2D eigenvalue weighted by atomic mass is 16.2. The number of nitrogens with one attached hydrogen (secondary N) is 1. The molecule has 1 aliphatic heterocycles. The zero-order chi connectivity index (χ0) is 12.8. The van der Waals surface area contributed by atoms with Crippen LogP contribution in [0.4, 0.5) is 0 Å². The summed E-state index contributed by atoms with van der Waals surface area (Å²) in [7, 11) is 0. The van der Waals surface area contributed by atoms with Crippen LogP contribution in [0.15, 0.2) is 24.5 Å². The lowest BCUT2D eigenvalue weighted by Crippen LogP contribution is -2.46. The zero-order valence-corrected chi connectivity index (χ0v) is 10.9. The molecule has 1 atom stereocenters. The molecule has 4 heteroatoms. The molecule has 1 fully saturated rings. The third-order valence-corrected chi connectivity index (χ3v) is 3.33. The van der Waals surface area contributed by atoms with Gasteiger partial charge >= 0.3 is 0 Å². The summed E-state index contributed by atoms with van der Waals surface area (Å²) in [5, 5.41) is 3.26. The third-order valence-electron chi connectivity index (χ3n) is 3.33. The number of amides is 1. The largest absolute Gasteiger partial charge is 0.340 e. The maximum absolute atomic E-state index is 12.1. The molecule has 0 aliphatic carbocycles. The predicted molar refractivity (Wildman–Crippen MR) is 71.2 cm³/mol. The molecule has 98 valence electrons. The Hall–Kier alpha value is -1.42. The monoisotopic (exact) mass is 247 g/mol. The average molecular weight is 247 g/mol. The summed E-state index contributed by atoms with van der Waals surface area (Å²) in [6, 6.07) is 4.04. The highest BCUT2D eigenvalue weighted by molar-refractivity contribution is 5.76. The number of hydrogen-bond donors (Lipinski definition) is 1. The topological polar surface area (TPSA) is 45.2 Å². The van der Waals surface area contributed by atoms with Crippen LogP contribution in [0.5, 0.6) is 0 Å². The van der Waals surface area contributed by atoms with Crippen LogP contribution in [-0.4, -0.2) is 42.0 Å². The fourth-order valence-corrected chi connectivity index (χ4v) is 2.33. The summed E-state index contributed by atoms with van der Waals surface area (Å²) in [6.07, 6.45) is 5.20. The standard InChI is InChI=1S/C14H21N3O/c1-12(10-13-2-4-15-5-3-13)11-14(18)17-8-6-16-7-9-17/h2-5,12,16H,6-11H2,1H3. The van der Waals surface area contributed by atoms with Crippen molar-refractivity contribution in [2.45, 2.75) is 19.8 Å². The molecule has 2 rings (SSSR count). The van der Waals surface area contributed by atoms with Crippen molar-refractivity contribution in [3.8, 4) is 0 Å². The van der Waals surface area contributed by atoms with Gasteiger partial charge in [0.1, 0.15) is 0 Å². The van der Waals surface area contributed by atoms with E-state index in [1.165, 1.54) is 5.56 Å². The number of piperazine rings is 1. The molecule has 1 N–H and O–H groups in total. The summed E-state index contributed by atoms with van der Waals surface area (Å²) in [5.74, 6) is 0.674. The maximum Gasteiger partial charge on any atom is 0.222 e. The van der Waals surface area contributed by atoms with Crippen LogP contribution in [0.3, 0.4) is 0 Å². The Morgan fingerprint density at radius 2 is 2.06 bits per heavy atom. The molecule has 1 saturated heterocycles. The molecule has 1 aromatic heterocycles. The smallest absolute Gasteiger partial charge is 0.222 e. The van der Waals surface area contributed by atoms with E-state index in [1.807, 2.05) is 17.0 Å². The van der Waals surface area contributed by atoms with Crippen molar-refractivity contribution < 1.29 is 4.79 Å². The molecule has 0 aromatic carbocycles. The number of hydrogen-bond acceptors (Lipinski definition) is 3. The highest BCUT2D eigenvalue weighted by Gasteiger charge is 2.18. The molecule has 4 nitrogen and oxygen atoms in total. The Morgan fingerprint density at radius 1 is 1.39 bits per heavy atom. The normalized spacial score (nSPS) is 17.5. The van der Waals surface area contributed by atoms with Gasteiger partial charge in [-0.2, -0.15) is 0 Å². The van der Waals surface area contributed by atoms with Gasteiger partial charge in [0.2, 0.25) is 5.91 Å². The second kappa shape index (κ2) is 6.50. The number of nitrogens with zero attached hydrogens (tertiary/aromatic N) is 2. The Bertz CT molecular complexity index is 374. The van der Waals surface area contributed by atoms with Gasteiger partial charge in [0.15, 0.2) is 0 Å². The Labute approximate surface area is 108 Å². The van der Waals surface area contributed by atoms with Gasteiger partial charge in [-0.1, -0.05) is 6.92 Å². The van der Waals surface area contributed by atoms with Gasteiger partial charge in [0.05, 0.1) is 0 Å². The molecule has 1 aromatic rings. The first-order valence-electron chi connectivity index (χ1n) is 6.63. The quantitative estimate of drug-likeness (QED) is 0.866. The van der Waals surface area contributed by atoms with E-state index in [-0.39, 0.29) is 5.91 Å². The van der Waals surface area contributed by atoms with Crippen molar-refractivity contribution in [1.82, 2.24) is 15.2 Å². The van der Waals surface area contributed by atoms with E-state index in [9.17, 15) is 4.79 Å². The first kappa shape index (κ1) is 13.0. The molecule has 1 unspecified atom stereocenters. The van der Waals surface area contributed by atoms with Crippen molar-refractivity contribution in [2.75, 3.05) is 26.2 Å². The van der Waals surface area contributed by atoms with E-state index in [4.69, 9.17) is 0 Å². The fourth-order valence-electron chi connectivity index (χ4n) is 2.33. The van der Waals surface area contributed by atoms with E-state index in [1.54, 1.807) is 12.4 Å². The summed E-state index contributed by atoms with van der Waals surface area (Å²) >= 11 is 0. The minimum atomic E-state index is 0.290. The zero-order valence-electron chi connectivity index (χ0n) is 10.9. The summed E-state index contributed by atoms with van der Waals surface area (Å²) < 4.78 is 0. The van der Waals surface area contributed by atoms with Crippen LogP contribution in [0.25, 0.3) is 0 Å². The SMILES string of the molecule is CC(CC(=O)N1CCNCC1)Cc1ccncc1. The summed E-state index contributed by atoms with van der Waals surface area (Å²) in [6.45, 7) is 5.68. The first-order chi connectivity index (χ1) is 8.75. The summed E-state index contributed by atoms with van der Waals surface area (Å²) in [5.41, 5.74) is 1.26. The number of rotatable bonds is 4. The lowest BCUT2D eigenvalue weighted by atomic mass is 9.98. The molecule has 1 aliphatic rings. The van der Waals surface area contributed by atoms with Gasteiger partial charge in [-0.3, -0.25) is 9.78 Å². The molecule has 2 heterocycles. The van der Waals surface area contributed by atoms with E-state index in [0.717, 1.165) is 32.6 Å². The molecule has 0 spiro atoms. The van der Waals surface area contributed by atoms with Crippen LogP contribution in [0.2, 0.25) is 0 Å². The number of aromatic nitrogens is 1. The fraction of sp³-hybridized carbons (Fsp3) is 0.571. The molecular formula is C14H21N3O. The molecule has 0 radical (unpaired) electrons. The number of pyridine rings is 1. The second-order valence-electron chi connectivity index (χ2n) is 5.00. The Balaban J connectivity index is 1.79. The highest BCUT2D eigenvalue weighted by Crippen LogP contribution is 2.13. The van der Waals surface area contributed by atoms with Crippen LogP contribution in [0.1, 0.15) is 18.9 Å². The van der Waals surface area contributed by atoms with Crippen LogP contribution >= 0.6 is 0 Å².